The summed E-state index contributed by atoms with van der Waals surface area (Å²) in [5.74, 6) is 1.17. The Morgan fingerprint density at radius 1 is 1.15 bits per heavy atom. The van der Waals surface area contributed by atoms with Gasteiger partial charge in [-0.2, -0.15) is 0 Å². The van der Waals surface area contributed by atoms with Crippen molar-refractivity contribution in [1.29, 1.82) is 0 Å². The number of fused-ring (bicyclic) bond motifs is 1. The van der Waals surface area contributed by atoms with Gasteiger partial charge in [0.1, 0.15) is 11.5 Å². The second-order valence-electron chi connectivity index (χ2n) is 10.0. The maximum atomic E-state index is 12.6. The zero-order chi connectivity index (χ0) is 29.2. The average Bonchev–Trinajstić information content (AvgIpc) is 2.98. The predicted octanol–water partition coefficient (Wildman–Crippen LogP) is 7.86. The molecular weight excluding hydrogens is 534 g/mol. The normalized spacial score (nSPS) is 12.3. The van der Waals surface area contributed by atoms with Crippen molar-refractivity contribution >= 4 is 46.3 Å². The van der Waals surface area contributed by atoms with Gasteiger partial charge in [-0.1, -0.05) is 43.7 Å². The Balaban J connectivity index is 1.39. The van der Waals surface area contributed by atoms with E-state index < -0.39 is 0 Å². The second kappa shape index (κ2) is 14.5. The molecule has 4 rings (SSSR count). The minimum Gasteiger partial charge on any atom is -0.507 e. The number of phenolic OH excluding ortho intramolecular Hbond substituents is 1. The maximum Gasteiger partial charge on any atom is 0.160 e. The number of phenols is 1. The molecule has 3 aromatic carbocycles. The number of anilines is 1. The van der Waals surface area contributed by atoms with Gasteiger partial charge in [0.05, 0.1) is 12.6 Å². The lowest BCUT2D eigenvalue weighted by Gasteiger charge is -2.14. The number of nitrogens with zero attached hydrogens (tertiary/aromatic N) is 2. The van der Waals surface area contributed by atoms with Gasteiger partial charge in [-0.15, -0.1) is 0 Å². The van der Waals surface area contributed by atoms with E-state index in [1.807, 2.05) is 66.7 Å². The average molecular weight is 570 g/mol. The summed E-state index contributed by atoms with van der Waals surface area (Å²) in [4.78, 5) is 21.6. The van der Waals surface area contributed by atoms with Crippen molar-refractivity contribution in [3.8, 4) is 11.5 Å². The quantitative estimate of drug-likeness (QED) is 0.0972. The minimum atomic E-state index is 0.00104. The Morgan fingerprint density at radius 2 is 1.95 bits per heavy atom. The molecule has 0 aliphatic heterocycles. The van der Waals surface area contributed by atoms with E-state index in [2.05, 4.69) is 29.1 Å². The number of ketones is 1. The van der Waals surface area contributed by atoms with Crippen molar-refractivity contribution in [2.75, 3.05) is 25.5 Å². The van der Waals surface area contributed by atoms with Gasteiger partial charge in [0.15, 0.2) is 5.78 Å². The van der Waals surface area contributed by atoms with Crippen molar-refractivity contribution in [3.05, 3.63) is 100 Å². The Labute approximate surface area is 246 Å². The first-order chi connectivity index (χ1) is 19.9. The molecule has 0 aliphatic carbocycles. The molecule has 1 aromatic heterocycles. The highest BCUT2D eigenvalue weighted by atomic mass is 35.5. The van der Waals surface area contributed by atoms with E-state index in [1.165, 1.54) is 0 Å². The standard InChI is InChI=1S/C34H36ClN3O3/c1-4-23(2)31-20-25(6-10-28(39)19-24-7-11-29(41-3)12-8-24)18-26(34(31)40)22-36-15-5-16-37-32-14-17-38-33-21-27(35)9-13-30(32)33/h6-14,17-18,20-23,40H,4-5,15-16,19H2,1-3H3,(H,37,38)/b10-6+,36-22?. The second-order valence-corrected chi connectivity index (χ2v) is 10.5. The number of halogens is 1. The Hall–Kier alpha value is -4.16. The molecule has 0 fully saturated rings. The number of aromatic hydroxyl groups is 1. The number of carbonyl (C=O) groups excluding carboxylic acids is 1. The number of aromatic nitrogens is 1. The summed E-state index contributed by atoms with van der Waals surface area (Å²) in [6.07, 6.45) is 8.90. The summed E-state index contributed by atoms with van der Waals surface area (Å²) < 4.78 is 5.18. The highest BCUT2D eigenvalue weighted by Crippen LogP contribution is 2.32. The fourth-order valence-electron chi connectivity index (χ4n) is 4.52. The van der Waals surface area contributed by atoms with Gasteiger partial charge in [-0.05, 0) is 90.1 Å². The van der Waals surface area contributed by atoms with Crippen LogP contribution in [-0.4, -0.2) is 42.3 Å². The molecule has 0 spiro atoms. The molecule has 1 atom stereocenters. The van der Waals surface area contributed by atoms with Gasteiger partial charge in [-0.3, -0.25) is 14.8 Å². The van der Waals surface area contributed by atoms with Crippen LogP contribution in [0, 0.1) is 0 Å². The monoisotopic (exact) mass is 569 g/mol. The molecule has 2 N–H and O–H groups in total. The molecule has 0 bridgehead atoms. The molecule has 41 heavy (non-hydrogen) atoms. The topological polar surface area (TPSA) is 83.8 Å². The van der Waals surface area contributed by atoms with Gasteiger partial charge in [0.2, 0.25) is 0 Å². The van der Waals surface area contributed by atoms with Crippen LogP contribution in [0.1, 0.15) is 54.9 Å². The van der Waals surface area contributed by atoms with Crippen LogP contribution < -0.4 is 10.1 Å². The Kier molecular flexibility index (Phi) is 10.5. The van der Waals surface area contributed by atoms with Crippen LogP contribution in [0.25, 0.3) is 17.0 Å². The fourth-order valence-corrected chi connectivity index (χ4v) is 4.69. The molecule has 1 heterocycles. The lowest BCUT2D eigenvalue weighted by Crippen LogP contribution is -2.04. The SMILES string of the molecule is CCC(C)c1cc(/C=C/C(=O)Cc2ccc(OC)cc2)cc(C=NCCCNc2ccnc3cc(Cl)ccc23)c1O. The van der Waals surface area contributed by atoms with Crippen LogP contribution in [0.2, 0.25) is 5.02 Å². The lowest BCUT2D eigenvalue weighted by molar-refractivity contribution is -0.113. The summed E-state index contributed by atoms with van der Waals surface area (Å²) in [5.41, 5.74) is 5.14. The number of benzene rings is 3. The zero-order valence-electron chi connectivity index (χ0n) is 23.7. The minimum absolute atomic E-state index is 0.00104. The Bertz CT molecular complexity index is 1550. The van der Waals surface area contributed by atoms with Gasteiger partial charge in [0, 0.05) is 53.6 Å². The van der Waals surface area contributed by atoms with E-state index >= 15 is 0 Å². The number of ether oxygens (including phenoxy) is 1. The fraction of sp³-hybridized carbons (Fsp3) is 0.265. The van der Waals surface area contributed by atoms with Crippen LogP contribution >= 0.6 is 11.6 Å². The number of pyridine rings is 1. The van der Waals surface area contributed by atoms with E-state index in [0.29, 0.717) is 23.6 Å². The summed E-state index contributed by atoms with van der Waals surface area (Å²) >= 11 is 6.09. The summed E-state index contributed by atoms with van der Waals surface area (Å²) in [5, 5.41) is 16.1. The highest BCUT2D eigenvalue weighted by Gasteiger charge is 2.13. The molecule has 0 saturated carbocycles. The van der Waals surface area contributed by atoms with E-state index in [4.69, 9.17) is 16.3 Å². The van der Waals surface area contributed by atoms with Gasteiger partial charge in [-0.25, -0.2) is 0 Å². The first kappa shape index (κ1) is 29.8. The number of methoxy groups -OCH3 is 1. The number of aliphatic imine (C=N–C) groups is 1. The van der Waals surface area contributed by atoms with Gasteiger partial charge < -0.3 is 15.2 Å². The number of nitrogens with one attached hydrogen (secondary N) is 1. The van der Waals surface area contributed by atoms with Gasteiger partial charge in [0.25, 0.3) is 0 Å². The highest BCUT2D eigenvalue weighted by molar-refractivity contribution is 6.31. The molecule has 1 unspecified atom stereocenters. The molecule has 0 saturated heterocycles. The van der Waals surface area contributed by atoms with E-state index in [1.54, 1.807) is 25.6 Å². The summed E-state index contributed by atoms with van der Waals surface area (Å²) in [7, 11) is 1.62. The van der Waals surface area contributed by atoms with Crippen molar-refractivity contribution in [1.82, 2.24) is 4.98 Å². The van der Waals surface area contributed by atoms with Crippen LogP contribution in [0.5, 0.6) is 11.5 Å². The molecule has 0 amide bonds. The number of allylic oxidation sites excluding steroid dienone is 1. The smallest absolute Gasteiger partial charge is 0.160 e. The van der Waals surface area contributed by atoms with Crippen LogP contribution in [-0.2, 0) is 11.2 Å². The number of rotatable bonds is 13. The predicted molar refractivity (Wildman–Crippen MR) is 170 cm³/mol. The third kappa shape index (κ3) is 8.18. The molecule has 0 aliphatic rings. The van der Waals surface area contributed by atoms with Crippen molar-refractivity contribution in [2.45, 2.75) is 39.0 Å². The Morgan fingerprint density at radius 3 is 2.71 bits per heavy atom. The third-order valence-electron chi connectivity index (χ3n) is 7.05. The van der Waals surface area contributed by atoms with Crippen molar-refractivity contribution < 1.29 is 14.6 Å². The molecule has 4 aromatic rings. The largest absolute Gasteiger partial charge is 0.507 e. The summed E-state index contributed by atoms with van der Waals surface area (Å²) in [6, 6.07) is 19.0. The van der Waals surface area contributed by atoms with Crippen LogP contribution in [0.3, 0.4) is 0 Å². The molecule has 0 radical (unpaired) electrons. The van der Waals surface area contributed by atoms with E-state index in [9.17, 15) is 9.90 Å². The van der Waals surface area contributed by atoms with Crippen LogP contribution in [0.4, 0.5) is 5.69 Å². The molecular formula is C34H36ClN3O3. The molecule has 7 heteroatoms. The zero-order valence-corrected chi connectivity index (χ0v) is 24.5. The number of hydrogen-bond donors (Lipinski definition) is 2. The van der Waals surface area contributed by atoms with E-state index in [-0.39, 0.29) is 17.5 Å². The lowest BCUT2D eigenvalue weighted by atomic mass is 9.93. The first-order valence-electron chi connectivity index (χ1n) is 13.9. The summed E-state index contributed by atoms with van der Waals surface area (Å²) in [6.45, 7) is 5.51. The van der Waals surface area contributed by atoms with Crippen molar-refractivity contribution in [3.63, 3.8) is 0 Å². The molecule has 212 valence electrons. The van der Waals surface area contributed by atoms with Gasteiger partial charge >= 0.3 is 0 Å². The van der Waals surface area contributed by atoms with Crippen LogP contribution in [0.15, 0.2) is 77.9 Å². The molecule has 6 nitrogen and oxygen atoms in total. The van der Waals surface area contributed by atoms with Crippen molar-refractivity contribution in [2.24, 2.45) is 4.99 Å². The maximum absolute atomic E-state index is 12.6. The number of carbonyl (C=O) groups is 1. The number of hydrogen-bond acceptors (Lipinski definition) is 6. The third-order valence-corrected chi connectivity index (χ3v) is 7.28. The van der Waals surface area contributed by atoms with E-state index in [0.717, 1.165) is 58.4 Å². The first-order valence-corrected chi connectivity index (χ1v) is 14.2.